The van der Waals surface area contributed by atoms with Gasteiger partial charge in [0, 0.05) is 10.3 Å². The van der Waals surface area contributed by atoms with E-state index in [4.69, 9.17) is 0 Å². The van der Waals surface area contributed by atoms with E-state index in [9.17, 15) is 9.59 Å². The van der Waals surface area contributed by atoms with Gasteiger partial charge in [0.25, 0.3) is 11.5 Å². The van der Waals surface area contributed by atoms with Gasteiger partial charge in [-0.05, 0) is 31.2 Å². The van der Waals surface area contributed by atoms with Crippen molar-refractivity contribution in [2.24, 2.45) is 5.92 Å². The zero-order valence-corrected chi connectivity index (χ0v) is 13.9. The van der Waals surface area contributed by atoms with Gasteiger partial charge in [-0.1, -0.05) is 25.1 Å². The molecule has 122 valence electrons. The highest BCUT2D eigenvalue weighted by molar-refractivity contribution is 7.15. The Morgan fingerprint density at radius 3 is 2.96 bits per heavy atom. The van der Waals surface area contributed by atoms with Crippen LogP contribution >= 0.6 is 11.3 Å². The largest absolute Gasteiger partial charge is 0.296 e. The molecule has 24 heavy (non-hydrogen) atoms. The number of hydrogen-bond donors (Lipinski definition) is 2. The number of aromatic nitrogens is 3. The molecule has 0 spiro atoms. The fourth-order valence-electron chi connectivity index (χ4n) is 3.04. The average Bonchev–Trinajstić information content (AvgIpc) is 2.96. The first-order valence-electron chi connectivity index (χ1n) is 7.89. The Morgan fingerprint density at radius 2 is 2.12 bits per heavy atom. The molecule has 2 N–H and O–H groups in total. The lowest BCUT2D eigenvalue weighted by Gasteiger charge is -2.15. The van der Waals surface area contributed by atoms with Crippen molar-refractivity contribution in [2.45, 2.75) is 26.2 Å². The number of H-pyrrole nitrogens is 1. The summed E-state index contributed by atoms with van der Waals surface area (Å²) in [7, 11) is 0. The Morgan fingerprint density at radius 1 is 1.33 bits per heavy atom. The van der Waals surface area contributed by atoms with Gasteiger partial charge in [-0.15, -0.1) is 11.3 Å². The third-order valence-corrected chi connectivity index (χ3v) is 5.35. The number of carbonyl (C=O) groups is 1. The number of hydrogen-bond acceptors (Lipinski definition) is 5. The summed E-state index contributed by atoms with van der Waals surface area (Å²) in [5.41, 5.74) is 0.986. The molecule has 1 amide bonds. The summed E-state index contributed by atoms with van der Waals surface area (Å²) in [5, 5.41) is 10.7. The molecule has 1 aliphatic rings. The molecule has 0 bridgehead atoms. The number of aromatic amines is 1. The summed E-state index contributed by atoms with van der Waals surface area (Å²) in [6.07, 6.45) is 3.11. The molecule has 4 rings (SSSR count). The first kappa shape index (κ1) is 15.0. The van der Waals surface area contributed by atoms with Gasteiger partial charge in [-0.3, -0.25) is 14.9 Å². The minimum absolute atomic E-state index is 0.201. The Labute approximate surface area is 141 Å². The van der Waals surface area contributed by atoms with Gasteiger partial charge in [0.05, 0.1) is 11.1 Å². The van der Waals surface area contributed by atoms with Crippen molar-refractivity contribution in [1.82, 2.24) is 15.2 Å². The molecule has 2 aromatic heterocycles. The number of thiazole rings is 1. The van der Waals surface area contributed by atoms with Gasteiger partial charge in [-0.2, -0.15) is 5.10 Å². The maximum Gasteiger partial charge on any atom is 0.278 e. The third kappa shape index (κ3) is 2.60. The molecule has 0 unspecified atom stereocenters. The standard InChI is InChI=1S/C17H16N4O2S/c1-9-6-7-12-13(8-9)24-17(18-12)19-16(23)14-10-4-2-3-5-11(10)15(22)21-20-14/h2-5,9H,6-8H2,1H3,(H,21,22)(H,18,19,23)/t9-/m0/s1. The smallest absolute Gasteiger partial charge is 0.278 e. The van der Waals surface area contributed by atoms with Crippen LogP contribution in [0.5, 0.6) is 0 Å². The number of benzene rings is 1. The minimum atomic E-state index is -0.360. The quantitative estimate of drug-likeness (QED) is 0.751. The predicted molar refractivity (Wildman–Crippen MR) is 93.6 cm³/mol. The number of amides is 1. The van der Waals surface area contributed by atoms with Crippen molar-refractivity contribution in [3.8, 4) is 0 Å². The SMILES string of the molecule is C[C@H]1CCc2nc(NC(=O)c3n[nH]c(=O)c4ccccc34)sc2C1. The van der Waals surface area contributed by atoms with Crippen LogP contribution < -0.4 is 10.9 Å². The lowest BCUT2D eigenvalue weighted by molar-refractivity contribution is 0.102. The van der Waals surface area contributed by atoms with Crippen LogP contribution in [0, 0.1) is 5.92 Å². The number of nitrogens with one attached hydrogen (secondary N) is 2. The molecule has 2 heterocycles. The number of fused-ring (bicyclic) bond motifs is 2. The Balaban J connectivity index is 1.66. The van der Waals surface area contributed by atoms with Gasteiger partial charge >= 0.3 is 0 Å². The average molecular weight is 340 g/mol. The fraction of sp³-hybridized carbons (Fsp3) is 0.294. The predicted octanol–water partition coefficient (Wildman–Crippen LogP) is 2.76. The molecule has 1 atom stereocenters. The summed E-state index contributed by atoms with van der Waals surface area (Å²) in [5.74, 6) is 0.299. The molecule has 0 radical (unpaired) electrons. The van der Waals surface area contributed by atoms with Gasteiger partial charge in [0.15, 0.2) is 10.8 Å². The van der Waals surface area contributed by atoms with Crippen LogP contribution in [0.15, 0.2) is 29.1 Å². The summed E-state index contributed by atoms with van der Waals surface area (Å²) < 4.78 is 0. The van der Waals surface area contributed by atoms with Crippen molar-refractivity contribution in [3.63, 3.8) is 0 Å². The van der Waals surface area contributed by atoms with Crippen molar-refractivity contribution < 1.29 is 4.79 Å². The highest BCUT2D eigenvalue weighted by Crippen LogP contribution is 2.32. The van der Waals surface area contributed by atoms with Crippen LogP contribution in [-0.2, 0) is 12.8 Å². The van der Waals surface area contributed by atoms with E-state index in [1.807, 2.05) is 0 Å². The first-order valence-corrected chi connectivity index (χ1v) is 8.71. The number of rotatable bonds is 2. The second kappa shape index (κ2) is 5.83. The molecule has 0 saturated heterocycles. The highest BCUT2D eigenvalue weighted by atomic mass is 32.1. The van der Waals surface area contributed by atoms with Crippen molar-refractivity contribution >= 4 is 33.1 Å². The molecule has 3 aromatic rings. The van der Waals surface area contributed by atoms with Crippen molar-refractivity contribution in [2.75, 3.05) is 5.32 Å². The molecular formula is C17H16N4O2S. The zero-order chi connectivity index (χ0) is 16.7. The van der Waals surface area contributed by atoms with E-state index in [2.05, 4.69) is 27.4 Å². The maximum atomic E-state index is 12.6. The fourth-order valence-corrected chi connectivity index (χ4v) is 4.20. The number of carbonyl (C=O) groups excluding carboxylic acids is 1. The van der Waals surface area contributed by atoms with E-state index in [0.29, 0.717) is 21.8 Å². The molecule has 0 fully saturated rings. The van der Waals surface area contributed by atoms with Crippen LogP contribution in [0.4, 0.5) is 5.13 Å². The van der Waals surface area contributed by atoms with E-state index in [1.54, 1.807) is 24.3 Å². The topological polar surface area (TPSA) is 87.7 Å². The third-order valence-electron chi connectivity index (χ3n) is 4.32. The van der Waals surface area contributed by atoms with Crippen molar-refractivity contribution in [3.05, 3.63) is 50.9 Å². The maximum absolute atomic E-state index is 12.6. The van der Waals surface area contributed by atoms with Crippen LogP contribution in [0.3, 0.4) is 0 Å². The van der Waals surface area contributed by atoms with Gasteiger partial charge in [0.1, 0.15) is 0 Å². The molecule has 6 nitrogen and oxygen atoms in total. The Kier molecular flexibility index (Phi) is 3.65. The summed E-state index contributed by atoms with van der Waals surface area (Å²) in [4.78, 5) is 30.2. The minimum Gasteiger partial charge on any atom is -0.296 e. The number of aryl methyl sites for hydroxylation is 1. The second-order valence-electron chi connectivity index (χ2n) is 6.14. The van der Waals surface area contributed by atoms with E-state index < -0.39 is 0 Å². The lowest BCUT2D eigenvalue weighted by atomic mass is 9.93. The Hall–Kier alpha value is -2.54. The molecule has 1 aliphatic carbocycles. The normalized spacial score (nSPS) is 16.8. The van der Waals surface area contributed by atoms with Gasteiger partial charge < -0.3 is 0 Å². The summed E-state index contributed by atoms with van der Waals surface area (Å²) in [6.45, 7) is 2.23. The Bertz CT molecular complexity index is 992. The van der Waals surface area contributed by atoms with Crippen LogP contribution in [0.2, 0.25) is 0 Å². The van der Waals surface area contributed by atoms with Gasteiger partial charge in [-0.25, -0.2) is 10.1 Å². The number of nitrogens with zero attached hydrogens (tertiary/aromatic N) is 2. The van der Waals surface area contributed by atoms with Crippen molar-refractivity contribution in [1.29, 1.82) is 0 Å². The van der Waals surface area contributed by atoms with Crippen LogP contribution in [0.25, 0.3) is 10.8 Å². The van der Waals surface area contributed by atoms with Crippen LogP contribution in [0.1, 0.15) is 34.4 Å². The zero-order valence-electron chi connectivity index (χ0n) is 13.1. The van der Waals surface area contributed by atoms with Gasteiger partial charge in [0.2, 0.25) is 0 Å². The highest BCUT2D eigenvalue weighted by Gasteiger charge is 2.21. The molecule has 0 saturated carbocycles. The summed E-state index contributed by atoms with van der Waals surface area (Å²) >= 11 is 1.53. The van der Waals surface area contributed by atoms with E-state index in [0.717, 1.165) is 25.0 Å². The van der Waals surface area contributed by atoms with E-state index >= 15 is 0 Å². The number of anilines is 1. The second-order valence-corrected chi connectivity index (χ2v) is 7.22. The molecule has 0 aliphatic heterocycles. The monoisotopic (exact) mass is 340 g/mol. The molecule has 7 heteroatoms. The summed E-state index contributed by atoms with van der Waals surface area (Å²) in [6, 6.07) is 6.94. The van der Waals surface area contributed by atoms with E-state index in [-0.39, 0.29) is 17.2 Å². The lowest BCUT2D eigenvalue weighted by Crippen LogP contribution is -2.19. The first-order chi connectivity index (χ1) is 11.6. The molecule has 1 aromatic carbocycles. The molecular weight excluding hydrogens is 324 g/mol. The van der Waals surface area contributed by atoms with E-state index in [1.165, 1.54) is 16.2 Å². The van der Waals surface area contributed by atoms with Crippen LogP contribution in [-0.4, -0.2) is 21.1 Å².